The Balaban J connectivity index is 2.47. The van der Waals surface area contributed by atoms with Crippen LogP contribution in [0.4, 0.5) is 13.2 Å². The number of aromatic amines is 1. The first-order chi connectivity index (χ1) is 6.98. The van der Waals surface area contributed by atoms with Crippen LogP contribution >= 0.6 is 11.3 Å². The van der Waals surface area contributed by atoms with Crippen molar-refractivity contribution in [2.75, 3.05) is 0 Å². The average molecular weight is 234 g/mol. The number of aryl methyl sites for hydroxylation is 1. The summed E-state index contributed by atoms with van der Waals surface area (Å²) in [6.45, 7) is 1.58. The van der Waals surface area contributed by atoms with E-state index in [1.807, 2.05) is 0 Å². The Labute approximate surface area is 86.1 Å². The van der Waals surface area contributed by atoms with E-state index >= 15 is 0 Å². The Kier molecular flexibility index (Phi) is 2.22. The second-order valence-electron chi connectivity index (χ2n) is 2.86. The highest BCUT2D eigenvalue weighted by atomic mass is 32.1. The fourth-order valence-corrected chi connectivity index (χ4v) is 2.07. The molecular weight excluding hydrogens is 229 g/mol. The maximum atomic E-state index is 12.4. The number of tetrazole rings is 1. The number of alkyl halides is 3. The summed E-state index contributed by atoms with van der Waals surface area (Å²) in [5.41, 5.74) is 0.494. The lowest BCUT2D eigenvalue weighted by atomic mass is 10.2. The monoisotopic (exact) mass is 234 g/mol. The molecule has 80 valence electrons. The summed E-state index contributed by atoms with van der Waals surface area (Å²) in [7, 11) is 0. The van der Waals surface area contributed by atoms with Gasteiger partial charge in [0.15, 0.2) is 0 Å². The lowest BCUT2D eigenvalue weighted by molar-refractivity contribution is -0.134. The molecule has 15 heavy (non-hydrogen) atoms. The molecule has 0 radical (unpaired) electrons. The molecule has 4 nitrogen and oxygen atoms in total. The first-order valence-electron chi connectivity index (χ1n) is 3.90. The van der Waals surface area contributed by atoms with Gasteiger partial charge in [0.05, 0.1) is 4.88 Å². The van der Waals surface area contributed by atoms with Gasteiger partial charge in [-0.3, -0.25) is 0 Å². The molecule has 2 heterocycles. The lowest BCUT2D eigenvalue weighted by Gasteiger charge is -2.00. The van der Waals surface area contributed by atoms with Crippen molar-refractivity contribution in [3.05, 3.63) is 16.5 Å². The molecule has 0 atom stereocenters. The lowest BCUT2D eigenvalue weighted by Crippen LogP contribution is -2.00. The van der Waals surface area contributed by atoms with Crippen LogP contribution < -0.4 is 0 Å². The van der Waals surface area contributed by atoms with Crippen LogP contribution in [0.15, 0.2) is 6.07 Å². The van der Waals surface area contributed by atoms with Gasteiger partial charge in [0, 0.05) is 0 Å². The Morgan fingerprint density at radius 1 is 1.40 bits per heavy atom. The van der Waals surface area contributed by atoms with E-state index in [1.54, 1.807) is 6.92 Å². The predicted octanol–water partition coefficient (Wildman–Crippen LogP) is 2.26. The number of nitrogens with one attached hydrogen (secondary N) is 1. The summed E-state index contributed by atoms with van der Waals surface area (Å²) in [5, 5.41) is 12.8. The number of aromatic nitrogens is 4. The second-order valence-corrected chi connectivity index (χ2v) is 3.91. The van der Waals surface area contributed by atoms with Crippen LogP contribution in [0.2, 0.25) is 0 Å². The summed E-state index contributed by atoms with van der Waals surface area (Å²) in [6.07, 6.45) is -4.32. The summed E-state index contributed by atoms with van der Waals surface area (Å²) in [5.74, 6) is 0.188. The molecule has 0 unspecified atom stereocenters. The van der Waals surface area contributed by atoms with E-state index in [-0.39, 0.29) is 5.82 Å². The van der Waals surface area contributed by atoms with Gasteiger partial charge in [0.2, 0.25) is 5.82 Å². The van der Waals surface area contributed by atoms with E-state index in [0.717, 1.165) is 6.07 Å². The van der Waals surface area contributed by atoms with Crippen LogP contribution in [0.1, 0.15) is 10.4 Å². The van der Waals surface area contributed by atoms with Gasteiger partial charge >= 0.3 is 6.18 Å². The van der Waals surface area contributed by atoms with Gasteiger partial charge in [-0.15, -0.1) is 21.5 Å². The van der Waals surface area contributed by atoms with Crippen LogP contribution in [0.5, 0.6) is 0 Å². The van der Waals surface area contributed by atoms with Crippen molar-refractivity contribution in [3.63, 3.8) is 0 Å². The average Bonchev–Trinajstić information content (AvgIpc) is 2.69. The van der Waals surface area contributed by atoms with Crippen molar-refractivity contribution in [3.8, 4) is 10.7 Å². The normalized spacial score (nSPS) is 12.0. The minimum absolute atomic E-state index is 0.188. The number of halogens is 3. The predicted molar refractivity (Wildman–Crippen MR) is 47.2 cm³/mol. The van der Waals surface area contributed by atoms with Crippen LogP contribution in [0.3, 0.4) is 0 Å². The zero-order valence-corrected chi connectivity index (χ0v) is 8.28. The quantitative estimate of drug-likeness (QED) is 0.823. The molecule has 2 aromatic rings. The SMILES string of the molecule is Cc1cc(C(F)(F)F)sc1-c1nn[nH]n1. The third-order valence-electron chi connectivity index (χ3n) is 1.75. The van der Waals surface area contributed by atoms with Gasteiger partial charge in [-0.1, -0.05) is 0 Å². The molecule has 0 amide bonds. The van der Waals surface area contributed by atoms with Gasteiger partial charge < -0.3 is 0 Å². The van der Waals surface area contributed by atoms with E-state index in [1.165, 1.54) is 0 Å². The van der Waals surface area contributed by atoms with E-state index in [4.69, 9.17) is 0 Å². The van der Waals surface area contributed by atoms with Gasteiger partial charge in [-0.2, -0.15) is 18.4 Å². The molecule has 0 saturated heterocycles. The fourth-order valence-electron chi connectivity index (χ4n) is 1.10. The third-order valence-corrected chi connectivity index (χ3v) is 3.02. The van der Waals surface area contributed by atoms with Crippen molar-refractivity contribution < 1.29 is 13.2 Å². The van der Waals surface area contributed by atoms with Crippen molar-refractivity contribution in [2.45, 2.75) is 13.1 Å². The molecule has 0 saturated carbocycles. The maximum absolute atomic E-state index is 12.4. The molecule has 2 rings (SSSR count). The second kappa shape index (κ2) is 3.30. The molecule has 0 fully saturated rings. The van der Waals surface area contributed by atoms with Crippen LogP contribution in [-0.4, -0.2) is 20.6 Å². The van der Waals surface area contributed by atoms with E-state index < -0.39 is 11.1 Å². The Hall–Kier alpha value is -1.44. The van der Waals surface area contributed by atoms with Crippen molar-refractivity contribution >= 4 is 11.3 Å². The van der Waals surface area contributed by atoms with Crippen molar-refractivity contribution in [1.29, 1.82) is 0 Å². The van der Waals surface area contributed by atoms with Crippen LogP contribution in [0, 0.1) is 6.92 Å². The standard InChI is InChI=1S/C7H5F3N4S/c1-3-2-4(7(8,9)10)15-5(3)6-11-13-14-12-6/h2H,1H3,(H,11,12,13,14). The van der Waals surface area contributed by atoms with E-state index in [0.29, 0.717) is 21.8 Å². The molecule has 8 heteroatoms. The molecule has 0 aliphatic carbocycles. The van der Waals surface area contributed by atoms with Gasteiger partial charge in [0.25, 0.3) is 0 Å². The smallest absolute Gasteiger partial charge is 0.177 e. The molecule has 0 bridgehead atoms. The number of nitrogens with zero attached hydrogens (tertiary/aromatic N) is 3. The zero-order chi connectivity index (χ0) is 11.1. The molecule has 0 spiro atoms. The summed E-state index contributed by atoms with van der Waals surface area (Å²) < 4.78 is 37.1. The van der Waals surface area contributed by atoms with Crippen molar-refractivity contribution in [1.82, 2.24) is 20.6 Å². The van der Waals surface area contributed by atoms with Gasteiger partial charge in [-0.25, -0.2) is 0 Å². The number of H-pyrrole nitrogens is 1. The molecule has 2 aromatic heterocycles. The maximum Gasteiger partial charge on any atom is 0.425 e. The minimum Gasteiger partial charge on any atom is -0.177 e. The fraction of sp³-hybridized carbons (Fsp3) is 0.286. The van der Waals surface area contributed by atoms with E-state index in [2.05, 4.69) is 20.6 Å². The van der Waals surface area contributed by atoms with Crippen LogP contribution in [0.25, 0.3) is 10.7 Å². The number of hydrogen-bond donors (Lipinski definition) is 1. The Bertz CT molecular complexity index is 459. The molecule has 0 aliphatic heterocycles. The third kappa shape index (κ3) is 1.84. The summed E-state index contributed by atoms with van der Waals surface area (Å²) in [6, 6.07) is 1.08. The summed E-state index contributed by atoms with van der Waals surface area (Å²) >= 11 is 0.614. The summed E-state index contributed by atoms with van der Waals surface area (Å²) in [4.78, 5) is -0.268. The first-order valence-corrected chi connectivity index (χ1v) is 4.71. The highest BCUT2D eigenvalue weighted by Crippen LogP contribution is 2.39. The topological polar surface area (TPSA) is 54.5 Å². The first kappa shape index (κ1) is 10.1. The Morgan fingerprint density at radius 3 is 2.60 bits per heavy atom. The highest BCUT2D eigenvalue weighted by Gasteiger charge is 2.33. The molecular formula is C7H5F3N4S. The van der Waals surface area contributed by atoms with Crippen molar-refractivity contribution in [2.24, 2.45) is 0 Å². The number of thiophene rings is 1. The number of rotatable bonds is 1. The molecule has 1 N–H and O–H groups in total. The van der Waals surface area contributed by atoms with Gasteiger partial charge in [-0.05, 0) is 23.8 Å². The minimum atomic E-state index is -4.32. The zero-order valence-electron chi connectivity index (χ0n) is 7.46. The van der Waals surface area contributed by atoms with Gasteiger partial charge in [0.1, 0.15) is 4.88 Å². The van der Waals surface area contributed by atoms with Crippen LogP contribution in [-0.2, 0) is 6.18 Å². The molecule has 0 aromatic carbocycles. The molecule has 0 aliphatic rings. The highest BCUT2D eigenvalue weighted by molar-refractivity contribution is 7.15. The number of hydrogen-bond acceptors (Lipinski definition) is 4. The van der Waals surface area contributed by atoms with E-state index in [9.17, 15) is 13.2 Å². The Morgan fingerprint density at radius 2 is 2.13 bits per heavy atom. The largest absolute Gasteiger partial charge is 0.425 e.